The lowest BCUT2D eigenvalue weighted by molar-refractivity contribution is 0.205. The Bertz CT molecular complexity index is 619. The van der Waals surface area contributed by atoms with Gasteiger partial charge >= 0.3 is 6.03 Å². The van der Waals surface area contributed by atoms with Gasteiger partial charge in [-0.15, -0.1) is 0 Å². The summed E-state index contributed by atoms with van der Waals surface area (Å²) in [6.07, 6.45) is 0.767. The average molecular weight is 377 g/mol. The summed E-state index contributed by atoms with van der Waals surface area (Å²) in [5.41, 5.74) is 1.08. The Labute approximate surface area is 145 Å². The normalized spacial score (nSPS) is 10.2. The molecule has 0 fully saturated rings. The van der Waals surface area contributed by atoms with Crippen molar-refractivity contribution in [3.63, 3.8) is 0 Å². The molecule has 0 saturated carbocycles. The summed E-state index contributed by atoms with van der Waals surface area (Å²) in [6, 6.07) is 17.5. The van der Waals surface area contributed by atoms with E-state index in [2.05, 4.69) is 21.2 Å². The first kappa shape index (κ1) is 17.3. The smallest absolute Gasteiger partial charge is 0.317 e. The molecule has 2 amide bonds. The van der Waals surface area contributed by atoms with Gasteiger partial charge in [-0.3, -0.25) is 0 Å². The molecule has 0 aliphatic heterocycles. The van der Waals surface area contributed by atoms with Gasteiger partial charge in [0.05, 0.1) is 6.61 Å². The van der Waals surface area contributed by atoms with Gasteiger partial charge in [-0.1, -0.05) is 52.3 Å². The van der Waals surface area contributed by atoms with Gasteiger partial charge < -0.3 is 15.0 Å². The third-order valence-corrected chi connectivity index (χ3v) is 4.09. The SMILES string of the molecule is CN(Cc1ccccc1Br)C(=O)NCCCOc1ccccc1. The van der Waals surface area contributed by atoms with Crippen molar-refractivity contribution in [2.75, 3.05) is 20.2 Å². The second-order valence-corrected chi connectivity index (χ2v) is 6.05. The standard InChI is InChI=1S/C18H21BrN2O2/c1-21(14-15-8-5-6-11-17(15)19)18(22)20-12-7-13-23-16-9-3-2-4-10-16/h2-6,8-11H,7,12-14H2,1H3,(H,20,22). The van der Waals surface area contributed by atoms with Crippen molar-refractivity contribution >= 4 is 22.0 Å². The van der Waals surface area contributed by atoms with Crippen molar-refractivity contribution < 1.29 is 9.53 Å². The van der Waals surface area contributed by atoms with E-state index in [1.165, 1.54) is 0 Å². The summed E-state index contributed by atoms with van der Waals surface area (Å²) in [5, 5.41) is 2.90. The lowest BCUT2D eigenvalue weighted by Crippen LogP contribution is -2.37. The zero-order valence-electron chi connectivity index (χ0n) is 13.2. The fraction of sp³-hybridized carbons (Fsp3) is 0.278. The van der Waals surface area contributed by atoms with Gasteiger partial charge in [0.25, 0.3) is 0 Å². The lowest BCUT2D eigenvalue weighted by atomic mass is 10.2. The van der Waals surface area contributed by atoms with Crippen molar-refractivity contribution in [3.05, 3.63) is 64.6 Å². The molecule has 2 rings (SSSR count). The molecule has 0 aliphatic carbocycles. The number of benzene rings is 2. The summed E-state index contributed by atoms with van der Waals surface area (Å²) < 4.78 is 6.60. The van der Waals surface area contributed by atoms with Gasteiger partial charge in [-0.25, -0.2) is 4.79 Å². The molecule has 5 heteroatoms. The van der Waals surface area contributed by atoms with Gasteiger partial charge in [0.1, 0.15) is 5.75 Å². The van der Waals surface area contributed by atoms with E-state index in [4.69, 9.17) is 4.74 Å². The maximum Gasteiger partial charge on any atom is 0.317 e. The Hall–Kier alpha value is -2.01. The Morgan fingerprint density at radius 3 is 2.57 bits per heavy atom. The van der Waals surface area contributed by atoms with Crippen LogP contribution in [0.1, 0.15) is 12.0 Å². The second-order valence-electron chi connectivity index (χ2n) is 5.19. The predicted molar refractivity (Wildman–Crippen MR) is 95.6 cm³/mol. The Morgan fingerprint density at radius 1 is 1.13 bits per heavy atom. The molecular weight excluding hydrogens is 356 g/mol. The zero-order valence-corrected chi connectivity index (χ0v) is 14.8. The molecule has 122 valence electrons. The Balaban J connectivity index is 1.65. The van der Waals surface area contributed by atoms with Gasteiger partial charge in [0, 0.05) is 24.6 Å². The highest BCUT2D eigenvalue weighted by molar-refractivity contribution is 9.10. The molecule has 0 saturated heterocycles. The molecule has 4 nitrogen and oxygen atoms in total. The van der Waals surface area contributed by atoms with Crippen LogP contribution in [0.3, 0.4) is 0 Å². The minimum absolute atomic E-state index is 0.0829. The maximum absolute atomic E-state index is 12.1. The van der Waals surface area contributed by atoms with Crippen LogP contribution in [0.4, 0.5) is 4.79 Å². The monoisotopic (exact) mass is 376 g/mol. The predicted octanol–water partition coefficient (Wildman–Crippen LogP) is 4.06. The van der Waals surface area contributed by atoms with E-state index in [0.29, 0.717) is 19.7 Å². The topological polar surface area (TPSA) is 41.6 Å². The summed E-state index contributed by atoms with van der Waals surface area (Å²) in [7, 11) is 1.79. The van der Waals surface area contributed by atoms with Crippen LogP contribution < -0.4 is 10.1 Å². The van der Waals surface area contributed by atoms with Gasteiger partial charge in [0.2, 0.25) is 0 Å². The molecule has 1 N–H and O–H groups in total. The van der Waals surface area contributed by atoms with Crippen molar-refractivity contribution in [1.82, 2.24) is 10.2 Å². The quantitative estimate of drug-likeness (QED) is 0.740. The first-order valence-electron chi connectivity index (χ1n) is 7.57. The number of hydrogen-bond acceptors (Lipinski definition) is 2. The number of halogens is 1. The fourth-order valence-electron chi connectivity index (χ4n) is 2.06. The van der Waals surface area contributed by atoms with Crippen LogP contribution in [0.15, 0.2) is 59.1 Å². The number of para-hydroxylation sites is 1. The zero-order chi connectivity index (χ0) is 16.5. The van der Waals surface area contributed by atoms with Gasteiger partial charge in [-0.05, 0) is 30.2 Å². The molecule has 0 atom stereocenters. The Kier molecular flexibility index (Phi) is 6.94. The number of ether oxygens (including phenoxy) is 1. The highest BCUT2D eigenvalue weighted by atomic mass is 79.9. The second kappa shape index (κ2) is 9.20. The molecule has 0 radical (unpaired) electrons. The van der Waals surface area contributed by atoms with Gasteiger partial charge in [-0.2, -0.15) is 0 Å². The molecule has 0 spiro atoms. The first-order chi connectivity index (χ1) is 11.2. The van der Waals surface area contributed by atoms with Crippen LogP contribution in [0.2, 0.25) is 0 Å². The first-order valence-corrected chi connectivity index (χ1v) is 8.36. The van der Waals surface area contributed by atoms with Crippen LogP contribution in [0.25, 0.3) is 0 Å². The van der Waals surface area contributed by atoms with E-state index in [-0.39, 0.29) is 6.03 Å². The van der Waals surface area contributed by atoms with Crippen LogP contribution in [0, 0.1) is 0 Å². The third kappa shape index (κ3) is 5.94. The van der Waals surface area contributed by atoms with Crippen molar-refractivity contribution in [1.29, 1.82) is 0 Å². The van der Waals surface area contributed by atoms with E-state index < -0.39 is 0 Å². The summed E-state index contributed by atoms with van der Waals surface area (Å²) in [5.74, 6) is 0.852. The highest BCUT2D eigenvalue weighted by Crippen LogP contribution is 2.17. The average Bonchev–Trinajstić information content (AvgIpc) is 2.57. The molecule has 0 unspecified atom stereocenters. The van der Waals surface area contributed by atoms with E-state index in [0.717, 1.165) is 22.2 Å². The fourth-order valence-corrected chi connectivity index (χ4v) is 2.47. The minimum atomic E-state index is -0.0829. The number of carbonyl (C=O) groups excluding carboxylic acids is 1. The van der Waals surface area contributed by atoms with Crippen LogP contribution in [-0.2, 0) is 6.54 Å². The molecule has 0 aliphatic rings. The Morgan fingerprint density at radius 2 is 1.83 bits per heavy atom. The minimum Gasteiger partial charge on any atom is -0.494 e. The number of rotatable bonds is 7. The van der Waals surface area contributed by atoms with Gasteiger partial charge in [0.15, 0.2) is 0 Å². The number of hydrogen-bond donors (Lipinski definition) is 1. The van der Waals surface area contributed by atoms with Crippen molar-refractivity contribution in [2.24, 2.45) is 0 Å². The van der Waals surface area contributed by atoms with Crippen LogP contribution in [-0.4, -0.2) is 31.1 Å². The van der Waals surface area contributed by atoms with Crippen molar-refractivity contribution in [2.45, 2.75) is 13.0 Å². The van der Waals surface area contributed by atoms with Crippen LogP contribution >= 0.6 is 15.9 Å². The largest absolute Gasteiger partial charge is 0.494 e. The number of carbonyl (C=O) groups is 1. The summed E-state index contributed by atoms with van der Waals surface area (Å²) in [6.45, 7) is 1.73. The van der Waals surface area contributed by atoms with E-state index in [9.17, 15) is 4.79 Å². The molecule has 23 heavy (non-hydrogen) atoms. The summed E-state index contributed by atoms with van der Waals surface area (Å²) in [4.78, 5) is 13.7. The molecule has 0 heterocycles. The number of nitrogens with one attached hydrogen (secondary N) is 1. The lowest BCUT2D eigenvalue weighted by Gasteiger charge is -2.18. The summed E-state index contributed by atoms with van der Waals surface area (Å²) >= 11 is 3.49. The molecule has 0 bridgehead atoms. The number of urea groups is 1. The highest BCUT2D eigenvalue weighted by Gasteiger charge is 2.09. The molecule has 2 aromatic rings. The number of amides is 2. The van der Waals surface area contributed by atoms with Crippen molar-refractivity contribution in [3.8, 4) is 5.75 Å². The van der Waals surface area contributed by atoms with E-state index in [1.54, 1.807) is 11.9 Å². The molecule has 2 aromatic carbocycles. The maximum atomic E-state index is 12.1. The van der Waals surface area contributed by atoms with E-state index in [1.807, 2.05) is 54.6 Å². The molecule has 0 aromatic heterocycles. The number of nitrogens with zero attached hydrogens (tertiary/aromatic N) is 1. The third-order valence-electron chi connectivity index (χ3n) is 3.32. The van der Waals surface area contributed by atoms with Crippen LogP contribution in [0.5, 0.6) is 5.75 Å². The molecular formula is C18H21BrN2O2. The van der Waals surface area contributed by atoms with E-state index >= 15 is 0 Å².